The van der Waals surface area contributed by atoms with Crippen LogP contribution in [0.3, 0.4) is 0 Å². The molecule has 1 aromatic heterocycles. The van der Waals surface area contributed by atoms with Crippen molar-refractivity contribution in [1.29, 1.82) is 0 Å². The molecule has 8 heteroatoms. The standard InChI is InChI=1S/C17H19N3O4S/c1-2-24-16(21)11-25-15-10-18-9-14(20-15)19-13(17(22)23)8-12-6-4-3-5-7-12/h3-7,9-10,13H,2,8,11H2,1H3,(H,19,20)(H,22,23)/t13-/m1/s1. The number of carboxylic acids is 1. The summed E-state index contributed by atoms with van der Waals surface area (Å²) in [6, 6.07) is 8.51. The molecule has 0 aliphatic heterocycles. The van der Waals surface area contributed by atoms with Crippen LogP contribution in [0.4, 0.5) is 5.82 Å². The Morgan fingerprint density at radius 1 is 1.28 bits per heavy atom. The number of hydrogen-bond acceptors (Lipinski definition) is 7. The molecule has 132 valence electrons. The summed E-state index contributed by atoms with van der Waals surface area (Å²) in [5.41, 5.74) is 0.906. The monoisotopic (exact) mass is 361 g/mol. The summed E-state index contributed by atoms with van der Waals surface area (Å²) in [5.74, 6) is -0.842. The van der Waals surface area contributed by atoms with Crippen LogP contribution in [0.25, 0.3) is 0 Å². The summed E-state index contributed by atoms with van der Waals surface area (Å²) in [4.78, 5) is 31.2. The minimum atomic E-state index is -0.977. The molecule has 0 saturated heterocycles. The van der Waals surface area contributed by atoms with Gasteiger partial charge >= 0.3 is 11.9 Å². The molecule has 0 fully saturated rings. The number of aromatic nitrogens is 2. The van der Waals surface area contributed by atoms with Gasteiger partial charge in [-0.15, -0.1) is 0 Å². The van der Waals surface area contributed by atoms with Crippen molar-refractivity contribution < 1.29 is 19.4 Å². The molecule has 0 unspecified atom stereocenters. The van der Waals surface area contributed by atoms with E-state index < -0.39 is 12.0 Å². The number of hydrogen-bond donors (Lipinski definition) is 2. The summed E-state index contributed by atoms with van der Waals surface area (Å²) in [5, 5.41) is 12.8. The highest BCUT2D eigenvalue weighted by atomic mass is 32.2. The average Bonchev–Trinajstić information content (AvgIpc) is 2.61. The van der Waals surface area contributed by atoms with Crippen LogP contribution in [0, 0.1) is 0 Å². The van der Waals surface area contributed by atoms with E-state index in [1.54, 1.807) is 6.92 Å². The molecule has 25 heavy (non-hydrogen) atoms. The minimum absolute atomic E-state index is 0.123. The van der Waals surface area contributed by atoms with Gasteiger partial charge in [-0.05, 0) is 12.5 Å². The Balaban J connectivity index is 2.00. The molecule has 0 aliphatic carbocycles. The van der Waals surface area contributed by atoms with Crippen LogP contribution in [0.5, 0.6) is 0 Å². The van der Waals surface area contributed by atoms with E-state index in [0.29, 0.717) is 23.9 Å². The van der Waals surface area contributed by atoms with Crippen LogP contribution in [-0.2, 0) is 20.7 Å². The van der Waals surface area contributed by atoms with Crippen LogP contribution in [0.2, 0.25) is 0 Å². The first-order valence-corrected chi connectivity index (χ1v) is 8.70. The molecule has 1 aromatic carbocycles. The molecule has 0 aliphatic rings. The van der Waals surface area contributed by atoms with E-state index in [1.165, 1.54) is 24.2 Å². The molecular weight excluding hydrogens is 342 g/mol. The normalized spacial score (nSPS) is 11.6. The topological polar surface area (TPSA) is 101 Å². The molecule has 7 nitrogen and oxygen atoms in total. The van der Waals surface area contributed by atoms with Gasteiger partial charge in [0.2, 0.25) is 0 Å². The average molecular weight is 361 g/mol. The fraction of sp³-hybridized carbons (Fsp3) is 0.294. The smallest absolute Gasteiger partial charge is 0.326 e. The Bertz CT molecular complexity index is 712. The number of aliphatic carboxylic acids is 1. The number of anilines is 1. The van der Waals surface area contributed by atoms with E-state index in [1.807, 2.05) is 30.3 Å². The van der Waals surface area contributed by atoms with Gasteiger partial charge in [0.1, 0.15) is 16.9 Å². The van der Waals surface area contributed by atoms with Crippen LogP contribution < -0.4 is 5.32 Å². The lowest BCUT2D eigenvalue weighted by Gasteiger charge is -2.15. The number of ether oxygens (including phenoxy) is 1. The second kappa shape index (κ2) is 9.63. The zero-order valence-corrected chi connectivity index (χ0v) is 14.5. The molecular formula is C17H19N3O4S. The first-order chi connectivity index (χ1) is 12.1. The maximum atomic E-state index is 11.5. The number of carbonyl (C=O) groups excluding carboxylic acids is 1. The first-order valence-electron chi connectivity index (χ1n) is 7.72. The van der Waals surface area contributed by atoms with Crippen LogP contribution >= 0.6 is 11.8 Å². The molecule has 1 atom stereocenters. The number of carboxylic acid groups (broad SMARTS) is 1. The summed E-state index contributed by atoms with van der Waals surface area (Å²) < 4.78 is 4.85. The Morgan fingerprint density at radius 3 is 2.72 bits per heavy atom. The van der Waals surface area contributed by atoms with Crippen LogP contribution in [0.15, 0.2) is 47.8 Å². The Labute approximate surface area is 149 Å². The third kappa shape index (κ3) is 6.42. The lowest BCUT2D eigenvalue weighted by Crippen LogP contribution is -2.32. The highest BCUT2D eigenvalue weighted by Gasteiger charge is 2.18. The maximum Gasteiger partial charge on any atom is 0.326 e. The van der Waals surface area contributed by atoms with Gasteiger partial charge in [0.05, 0.1) is 24.8 Å². The minimum Gasteiger partial charge on any atom is -0.480 e. The number of rotatable bonds is 9. The fourth-order valence-corrected chi connectivity index (χ4v) is 2.70. The van der Waals surface area contributed by atoms with Crippen LogP contribution in [-0.4, -0.2) is 45.4 Å². The van der Waals surface area contributed by atoms with Gasteiger partial charge in [-0.1, -0.05) is 42.1 Å². The second-order valence-corrected chi connectivity index (χ2v) is 6.06. The van der Waals surface area contributed by atoms with E-state index in [-0.39, 0.29) is 11.7 Å². The number of benzene rings is 1. The van der Waals surface area contributed by atoms with E-state index in [9.17, 15) is 14.7 Å². The largest absolute Gasteiger partial charge is 0.480 e. The Morgan fingerprint density at radius 2 is 2.04 bits per heavy atom. The molecule has 2 N–H and O–H groups in total. The number of carbonyl (C=O) groups is 2. The van der Waals surface area contributed by atoms with Crippen molar-refractivity contribution in [3.05, 3.63) is 48.3 Å². The Hall–Kier alpha value is -2.61. The van der Waals surface area contributed by atoms with Crippen molar-refractivity contribution in [2.45, 2.75) is 24.4 Å². The predicted molar refractivity (Wildman–Crippen MR) is 94.6 cm³/mol. The lowest BCUT2D eigenvalue weighted by molar-refractivity contribution is -0.140. The molecule has 1 heterocycles. The third-order valence-corrected chi connectivity index (χ3v) is 4.03. The first kappa shape index (κ1) is 18.7. The lowest BCUT2D eigenvalue weighted by atomic mass is 10.1. The van der Waals surface area contributed by atoms with Crippen molar-refractivity contribution in [2.75, 3.05) is 17.7 Å². The second-order valence-electron chi connectivity index (χ2n) is 5.06. The van der Waals surface area contributed by atoms with Crippen LogP contribution in [0.1, 0.15) is 12.5 Å². The quantitative estimate of drug-likeness (QED) is 0.518. The van der Waals surface area contributed by atoms with E-state index >= 15 is 0 Å². The molecule has 0 bridgehead atoms. The van der Waals surface area contributed by atoms with Gasteiger partial charge in [-0.25, -0.2) is 9.78 Å². The van der Waals surface area contributed by atoms with Crippen molar-refractivity contribution in [3.63, 3.8) is 0 Å². The number of thioether (sulfide) groups is 1. The van der Waals surface area contributed by atoms with E-state index in [0.717, 1.165) is 5.56 Å². The van der Waals surface area contributed by atoms with Crippen molar-refractivity contribution in [1.82, 2.24) is 9.97 Å². The molecule has 0 spiro atoms. The summed E-state index contributed by atoms with van der Waals surface area (Å²) in [6.07, 6.45) is 3.29. The highest BCUT2D eigenvalue weighted by Crippen LogP contribution is 2.17. The predicted octanol–water partition coefficient (Wildman–Crippen LogP) is 2.24. The summed E-state index contributed by atoms with van der Waals surface area (Å²) in [7, 11) is 0. The summed E-state index contributed by atoms with van der Waals surface area (Å²) in [6.45, 7) is 2.07. The van der Waals surface area contributed by atoms with Gasteiger partial charge in [0, 0.05) is 6.42 Å². The molecule has 0 amide bonds. The maximum absolute atomic E-state index is 11.5. The number of nitrogens with zero attached hydrogens (tertiary/aromatic N) is 2. The molecule has 0 radical (unpaired) electrons. The van der Waals surface area contributed by atoms with Gasteiger partial charge in [0.15, 0.2) is 0 Å². The number of esters is 1. The summed E-state index contributed by atoms with van der Waals surface area (Å²) >= 11 is 1.19. The zero-order chi connectivity index (χ0) is 18.1. The molecule has 0 saturated carbocycles. The van der Waals surface area contributed by atoms with Gasteiger partial charge in [-0.2, -0.15) is 0 Å². The van der Waals surface area contributed by atoms with Gasteiger partial charge in [-0.3, -0.25) is 9.78 Å². The SMILES string of the molecule is CCOC(=O)CSc1cncc(N[C@H](Cc2ccccc2)C(=O)O)n1. The van der Waals surface area contributed by atoms with Crippen molar-refractivity contribution >= 4 is 29.5 Å². The fourth-order valence-electron chi connectivity index (χ4n) is 2.05. The molecule has 2 rings (SSSR count). The van der Waals surface area contributed by atoms with Crippen molar-refractivity contribution in [3.8, 4) is 0 Å². The highest BCUT2D eigenvalue weighted by molar-refractivity contribution is 7.99. The van der Waals surface area contributed by atoms with Gasteiger partial charge < -0.3 is 15.2 Å². The van der Waals surface area contributed by atoms with E-state index in [4.69, 9.17) is 4.74 Å². The molecule has 2 aromatic rings. The van der Waals surface area contributed by atoms with Crippen molar-refractivity contribution in [2.24, 2.45) is 0 Å². The van der Waals surface area contributed by atoms with Gasteiger partial charge in [0.25, 0.3) is 0 Å². The number of nitrogens with one attached hydrogen (secondary N) is 1. The van der Waals surface area contributed by atoms with E-state index in [2.05, 4.69) is 15.3 Å². The zero-order valence-electron chi connectivity index (χ0n) is 13.7. The third-order valence-electron chi connectivity index (χ3n) is 3.16. The Kier molecular flexibility index (Phi) is 7.21.